The van der Waals surface area contributed by atoms with Gasteiger partial charge in [-0.2, -0.15) is 0 Å². The van der Waals surface area contributed by atoms with Gasteiger partial charge in [0.15, 0.2) is 0 Å². The van der Waals surface area contributed by atoms with Gasteiger partial charge in [0.25, 0.3) is 5.91 Å². The van der Waals surface area contributed by atoms with Crippen molar-refractivity contribution < 1.29 is 18.7 Å². The van der Waals surface area contributed by atoms with E-state index in [1.54, 1.807) is 6.92 Å². The summed E-state index contributed by atoms with van der Waals surface area (Å²) in [5.74, 6) is -1.39. The minimum absolute atomic E-state index is 0.0709. The molecule has 1 amide bonds. The zero-order valence-corrected chi connectivity index (χ0v) is 11.6. The molecule has 18 heavy (non-hydrogen) atoms. The highest BCUT2D eigenvalue weighted by Gasteiger charge is 2.17. The van der Waals surface area contributed by atoms with Crippen LogP contribution in [0, 0.1) is 12.7 Å². The van der Waals surface area contributed by atoms with Gasteiger partial charge in [0, 0.05) is 12.1 Å². The minimum atomic E-state index is -0.625. The first-order valence-electron chi connectivity index (χ1n) is 5.22. The van der Waals surface area contributed by atoms with E-state index in [1.807, 2.05) is 0 Å². The number of ether oxygens (including phenoxy) is 1. The van der Waals surface area contributed by atoms with Crippen LogP contribution in [0.15, 0.2) is 18.2 Å². The Morgan fingerprint density at radius 3 is 2.78 bits per heavy atom. The molecule has 0 bridgehead atoms. The van der Waals surface area contributed by atoms with Gasteiger partial charge >= 0.3 is 5.97 Å². The third-order valence-corrected chi connectivity index (χ3v) is 3.04. The third kappa shape index (κ3) is 3.80. The molecule has 98 valence electrons. The Labute approximate surface area is 113 Å². The predicted molar refractivity (Wildman–Crippen MR) is 68.2 cm³/mol. The van der Waals surface area contributed by atoms with Gasteiger partial charge < -0.3 is 10.1 Å². The second-order valence-electron chi connectivity index (χ2n) is 3.66. The second-order valence-corrected chi connectivity index (χ2v) is 4.77. The zero-order valence-electron chi connectivity index (χ0n) is 10.00. The fraction of sp³-hybridized carbons (Fsp3) is 0.333. The van der Waals surface area contributed by atoms with Crippen LogP contribution < -0.4 is 5.32 Å². The number of aryl methyl sites for hydroxylation is 1. The first-order chi connectivity index (χ1) is 8.45. The summed E-state index contributed by atoms with van der Waals surface area (Å²) in [6, 6.07) is 3.97. The molecule has 0 aliphatic carbocycles. The molecule has 0 fully saturated rings. The monoisotopic (exact) mass is 317 g/mol. The number of amides is 1. The Morgan fingerprint density at radius 1 is 1.50 bits per heavy atom. The van der Waals surface area contributed by atoms with E-state index in [4.69, 9.17) is 0 Å². The number of halogens is 2. The van der Waals surface area contributed by atoms with Gasteiger partial charge in [-0.25, -0.2) is 4.39 Å². The Balaban J connectivity index is 2.66. The smallest absolute Gasteiger partial charge is 0.321 e. The quantitative estimate of drug-likeness (QED) is 0.680. The Morgan fingerprint density at radius 2 is 2.17 bits per heavy atom. The molecule has 0 radical (unpaired) electrons. The molecule has 1 atom stereocenters. The topological polar surface area (TPSA) is 55.4 Å². The van der Waals surface area contributed by atoms with Gasteiger partial charge in [0.2, 0.25) is 0 Å². The normalized spacial score (nSPS) is 11.8. The lowest BCUT2D eigenvalue weighted by Crippen LogP contribution is -2.34. The molecular formula is C12H13BrFNO3. The fourth-order valence-corrected chi connectivity index (χ4v) is 1.68. The summed E-state index contributed by atoms with van der Waals surface area (Å²) in [5.41, 5.74) is 0.914. The highest BCUT2D eigenvalue weighted by Crippen LogP contribution is 2.10. The van der Waals surface area contributed by atoms with Crippen molar-refractivity contribution >= 4 is 27.8 Å². The molecule has 1 N–H and O–H groups in total. The van der Waals surface area contributed by atoms with E-state index >= 15 is 0 Å². The van der Waals surface area contributed by atoms with Gasteiger partial charge in [0.05, 0.1) is 7.11 Å². The van der Waals surface area contributed by atoms with E-state index in [0.29, 0.717) is 5.56 Å². The van der Waals surface area contributed by atoms with E-state index < -0.39 is 22.5 Å². The molecule has 1 rings (SSSR count). The number of esters is 1. The third-order valence-electron chi connectivity index (χ3n) is 2.34. The number of carbonyl (C=O) groups is 2. The summed E-state index contributed by atoms with van der Waals surface area (Å²) < 4.78 is 17.5. The van der Waals surface area contributed by atoms with Crippen LogP contribution in [0.3, 0.4) is 0 Å². The molecule has 0 aliphatic rings. The molecule has 1 aromatic rings. The van der Waals surface area contributed by atoms with Crippen molar-refractivity contribution in [2.24, 2.45) is 0 Å². The first kappa shape index (κ1) is 14.6. The summed E-state index contributed by atoms with van der Waals surface area (Å²) in [7, 11) is 1.26. The van der Waals surface area contributed by atoms with Crippen LogP contribution in [0.5, 0.6) is 0 Å². The molecule has 0 heterocycles. The van der Waals surface area contributed by atoms with Crippen LogP contribution in [-0.4, -0.2) is 30.4 Å². The molecule has 0 saturated carbocycles. The van der Waals surface area contributed by atoms with Crippen molar-refractivity contribution in [1.29, 1.82) is 0 Å². The van der Waals surface area contributed by atoms with Gasteiger partial charge in [-0.1, -0.05) is 22.0 Å². The number of rotatable bonds is 4. The highest BCUT2D eigenvalue weighted by atomic mass is 79.9. The van der Waals surface area contributed by atoms with Crippen molar-refractivity contribution in [2.45, 2.75) is 11.8 Å². The van der Waals surface area contributed by atoms with Crippen LogP contribution >= 0.6 is 15.9 Å². The lowest BCUT2D eigenvalue weighted by atomic mass is 10.1. The van der Waals surface area contributed by atoms with Crippen molar-refractivity contribution in [3.05, 3.63) is 35.1 Å². The molecule has 1 unspecified atom stereocenters. The molecule has 6 heteroatoms. The van der Waals surface area contributed by atoms with Gasteiger partial charge in [-0.05, 0) is 24.6 Å². The van der Waals surface area contributed by atoms with Gasteiger partial charge in [-0.3, -0.25) is 9.59 Å². The Kier molecular flexibility index (Phi) is 5.27. The molecule has 0 aliphatic heterocycles. The second kappa shape index (κ2) is 6.49. The SMILES string of the molecule is COC(=O)C(Br)CNC(=O)c1cc(F)ccc1C. The first-order valence-corrected chi connectivity index (χ1v) is 6.13. The summed E-state index contributed by atoms with van der Waals surface area (Å²) in [5, 5.41) is 2.53. The number of alkyl halides is 1. The largest absolute Gasteiger partial charge is 0.468 e. The standard InChI is InChI=1S/C12H13BrFNO3/c1-7-3-4-8(14)5-9(7)11(16)15-6-10(13)12(17)18-2/h3-5,10H,6H2,1-2H3,(H,15,16). The molecular weight excluding hydrogens is 305 g/mol. The van der Waals surface area contributed by atoms with E-state index in [1.165, 1.54) is 19.2 Å². The highest BCUT2D eigenvalue weighted by molar-refractivity contribution is 9.10. The maximum Gasteiger partial charge on any atom is 0.321 e. The van der Waals surface area contributed by atoms with Crippen LogP contribution in [0.25, 0.3) is 0 Å². The maximum atomic E-state index is 13.0. The molecule has 0 saturated heterocycles. The predicted octanol–water partition coefficient (Wildman–Crippen LogP) is 1.80. The van der Waals surface area contributed by atoms with Gasteiger partial charge in [0.1, 0.15) is 10.6 Å². The van der Waals surface area contributed by atoms with Crippen LogP contribution in [0.4, 0.5) is 4.39 Å². The average Bonchev–Trinajstić information content (AvgIpc) is 2.37. The van der Waals surface area contributed by atoms with E-state index in [0.717, 1.165) is 6.07 Å². The number of benzene rings is 1. The number of methoxy groups -OCH3 is 1. The van der Waals surface area contributed by atoms with Gasteiger partial charge in [-0.15, -0.1) is 0 Å². The lowest BCUT2D eigenvalue weighted by Gasteiger charge is -2.10. The number of nitrogens with one attached hydrogen (secondary N) is 1. The van der Waals surface area contributed by atoms with Crippen LogP contribution in [-0.2, 0) is 9.53 Å². The molecule has 0 spiro atoms. The number of hydrogen-bond acceptors (Lipinski definition) is 3. The lowest BCUT2D eigenvalue weighted by molar-refractivity contribution is -0.139. The Bertz CT molecular complexity index is 465. The van der Waals surface area contributed by atoms with E-state index in [-0.39, 0.29) is 12.1 Å². The van der Waals surface area contributed by atoms with Crippen molar-refractivity contribution in [3.63, 3.8) is 0 Å². The summed E-state index contributed by atoms with van der Waals surface area (Å²) in [4.78, 5) is 22.3. The average molecular weight is 318 g/mol. The van der Waals surface area contributed by atoms with Crippen LogP contribution in [0.2, 0.25) is 0 Å². The van der Waals surface area contributed by atoms with Crippen molar-refractivity contribution in [2.75, 3.05) is 13.7 Å². The summed E-state index contributed by atoms with van der Waals surface area (Å²) in [6.45, 7) is 1.78. The maximum absolute atomic E-state index is 13.0. The van der Waals surface area contributed by atoms with E-state index in [9.17, 15) is 14.0 Å². The molecule has 0 aromatic heterocycles. The van der Waals surface area contributed by atoms with Crippen molar-refractivity contribution in [3.8, 4) is 0 Å². The van der Waals surface area contributed by atoms with E-state index in [2.05, 4.69) is 26.0 Å². The number of hydrogen-bond donors (Lipinski definition) is 1. The minimum Gasteiger partial charge on any atom is -0.468 e. The molecule has 4 nitrogen and oxygen atoms in total. The summed E-state index contributed by atoms with van der Waals surface area (Å²) >= 11 is 3.07. The number of carbonyl (C=O) groups excluding carboxylic acids is 2. The molecule has 1 aromatic carbocycles. The Hall–Kier alpha value is -1.43. The van der Waals surface area contributed by atoms with Crippen LogP contribution in [0.1, 0.15) is 15.9 Å². The summed E-state index contributed by atoms with van der Waals surface area (Å²) in [6.07, 6.45) is 0. The van der Waals surface area contributed by atoms with Crippen molar-refractivity contribution in [1.82, 2.24) is 5.32 Å². The fourth-order valence-electron chi connectivity index (χ4n) is 1.33. The zero-order chi connectivity index (χ0) is 13.7.